The molecule has 0 aliphatic carbocycles. The second-order valence-corrected chi connectivity index (χ2v) is 7.11. The lowest BCUT2D eigenvalue weighted by atomic mass is 10.1. The number of nitrogens with one attached hydrogen (secondary N) is 1. The lowest BCUT2D eigenvalue weighted by Crippen LogP contribution is -2.44. The van der Waals surface area contributed by atoms with Crippen molar-refractivity contribution in [2.24, 2.45) is 0 Å². The van der Waals surface area contributed by atoms with Crippen LogP contribution in [0, 0.1) is 0 Å². The number of aromatic amines is 1. The lowest BCUT2D eigenvalue weighted by molar-refractivity contribution is 0.0722. The molecule has 4 rings (SSSR count). The van der Waals surface area contributed by atoms with Crippen molar-refractivity contribution in [2.45, 2.75) is 51.2 Å². The number of hydrogen-bond donors (Lipinski definition) is 1. The topological polar surface area (TPSA) is 65.4 Å². The number of H-pyrrole nitrogens is 1. The molecule has 24 heavy (non-hydrogen) atoms. The number of carbonyl (C=O) groups excluding carboxylic acids is 1. The van der Waals surface area contributed by atoms with Gasteiger partial charge in [0.25, 0.3) is 5.91 Å². The van der Waals surface area contributed by atoms with Crippen LogP contribution >= 0.6 is 0 Å². The second kappa shape index (κ2) is 6.09. The van der Waals surface area contributed by atoms with Crippen LogP contribution in [0.25, 0.3) is 11.5 Å². The molecule has 0 radical (unpaired) electrons. The first-order valence-corrected chi connectivity index (χ1v) is 8.79. The third kappa shape index (κ3) is 2.65. The lowest BCUT2D eigenvalue weighted by Gasteiger charge is -2.32. The minimum Gasteiger partial charge on any atom is -0.463 e. The third-order valence-electron chi connectivity index (χ3n) is 5.31. The van der Waals surface area contributed by atoms with Crippen molar-refractivity contribution in [1.29, 1.82) is 0 Å². The fraction of sp³-hybridized carbons (Fsp3) is 0.556. The van der Waals surface area contributed by atoms with Gasteiger partial charge in [-0.2, -0.15) is 5.10 Å². The first-order valence-electron chi connectivity index (χ1n) is 8.79. The van der Waals surface area contributed by atoms with Gasteiger partial charge in [-0.25, -0.2) is 0 Å². The highest BCUT2D eigenvalue weighted by molar-refractivity contribution is 5.93. The normalized spacial score (nSPS) is 24.5. The quantitative estimate of drug-likeness (QED) is 0.941. The Kier molecular flexibility index (Phi) is 3.92. The molecule has 0 saturated carbocycles. The number of aromatic nitrogens is 2. The van der Waals surface area contributed by atoms with Crippen LogP contribution in [0.3, 0.4) is 0 Å². The zero-order valence-corrected chi connectivity index (χ0v) is 14.2. The van der Waals surface area contributed by atoms with Gasteiger partial charge in [0.15, 0.2) is 11.5 Å². The number of fused-ring (bicyclic) bond motifs is 2. The summed E-state index contributed by atoms with van der Waals surface area (Å²) in [6, 6.07) is 7.09. The van der Waals surface area contributed by atoms with Crippen LogP contribution < -0.4 is 0 Å². The third-order valence-corrected chi connectivity index (χ3v) is 5.31. The maximum absolute atomic E-state index is 12.9. The summed E-state index contributed by atoms with van der Waals surface area (Å²) in [5.74, 6) is 0.711. The Hall–Kier alpha value is -2.08. The van der Waals surface area contributed by atoms with Gasteiger partial charge in [-0.3, -0.25) is 14.8 Å². The molecule has 0 unspecified atom stereocenters. The van der Waals surface area contributed by atoms with E-state index in [-0.39, 0.29) is 5.91 Å². The van der Waals surface area contributed by atoms with Crippen LogP contribution in [-0.2, 0) is 0 Å². The predicted molar refractivity (Wildman–Crippen MR) is 90.6 cm³/mol. The van der Waals surface area contributed by atoms with Crippen molar-refractivity contribution in [1.82, 2.24) is 20.0 Å². The number of likely N-dealkylation sites (tertiary alicyclic amines) is 1. The number of hydrogen-bond acceptors (Lipinski definition) is 4. The smallest absolute Gasteiger partial charge is 0.274 e. The van der Waals surface area contributed by atoms with Gasteiger partial charge in [0.2, 0.25) is 0 Å². The van der Waals surface area contributed by atoms with Crippen molar-refractivity contribution < 1.29 is 9.21 Å². The first kappa shape index (κ1) is 15.4. The van der Waals surface area contributed by atoms with E-state index in [0.717, 1.165) is 25.2 Å². The summed E-state index contributed by atoms with van der Waals surface area (Å²) in [5.41, 5.74) is 1.21. The van der Waals surface area contributed by atoms with Crippen molar-refractivity contribution in [2.75, 3.05) is 13.1 Å². The fourth-order valence-corrected chi connectivity index (χ4v) is 4.29. The summed E-state index contributed by atoms with van der Waals surface area (Å²) in [6.07, 6.45) is 5.11. The van der Waals surface area contributed by atoms with E-state index in [1.54, 1.807) is 12.3 Å². The van der Waals surface area contributed by atoms with E-state index >= 15 is 0 Å². The molecular weight excluding hydrogens is 304 g/mol. The Morgan fingerprint density at radius 1 is 1.33 bits per heavy atom. The van der Waals surface area contributed by atoms with E-state index in [2.05, 4.69) is 28.9 Å². The number of furan rings is 1. The summed E-state index contributed by atoms with van der Waals surface area (Å²) >= 11 is 0. The monoisotopic (exact) mass is 328 g/mol. The van der Waals surface area contributed by atoms with Crippen LogP contribution in [0.15, 0.2) is 28.9 Å². The van der Waals surface area contributed by atoms with Gasteiger partial charge in [-0.1, -0.05) is 0 Å². The fourth-order valence-electron chi connectivity index (χ4n) is 4.29. The average molecular weight is 328 g/mol. The second-order valence-electron chi connectivity index (χ2n) is 7.11. The Bertz CT molecular complexity index is 706. The molecule has 2 aliphatic rings. The number of amides is 1. The van der Waals surface area contributed by atoms with Gasteiger partial charge < -0.3 is 9.32 Å². The van der Waals surface area contributed by atoms with Crippen molar-refractivity contribution >= 4 is 5.91 Å². The van der Waals surface area contributed by atoms with E-state index < -0.39 is 0 Å². The summed E-state index contributed by atoms with van der Waals surface area (Å²) in [5, 5.41) is 7.11. The largest absolute Gasteiger partial charge is 0.463 e. The van der Waals surface area contributed by atoms with Gasteiger partial charge in [-0.05, 0) is 45.2 Å². The van der Waals surface area contributed by atoms with Crippen LogP contribution in [0.2, 0.25) is 0 Å². The van der Waals surface area contributed by atoms with E-state index in [9.17, 15) is 4.79 Å². The van der Waals surface area contributed by atoms with Crippen molar-refractivity contribution in [3.8, 4) is 11.5 Å². The molecule has 0 spiro atoms. The highest BCUT2D eigenvalue weighted by atomic mass is 16.3. The zero-order valence-electron chi connectivity index (χ0n) is 14.2. The van der Waals surface area contributed by atoms with Crippen LogP contribution in [0.5, 0.6) is 0 Å². The van der Waals surface area contributed by atoms with Gasteiger partial charge >= 0.3 is 0 Å². The summed E-state index contributed by atoms with van der Waals surface area (Å²) < 4.78 is 5.36. The molecule has 128 valence electrons. The number of carbonyl (C=O) groups is 1. The molecule has 2 bridgehead atoms. The number of rotatable bonds is 3. The molecule has 2 atom stereocenters. The Morgan fingerprint density at radius 3 is 2.92 bits per heavy atom. The highest BCUT2D eigenvalue weighted by Gasteiger charge is 2.39. The molecular formula is C18H24N4O2. The maximum Gasteiger partial charge on any atom is 0.274 e. The standard InChI is InChI=1S/C18H24N4O2/c1-12(2)22-13-5-6-14(22)11-21(8-7-13)18(23)16-10-15(19-20-16)17-4-3-9-24-17/h3-4,9-10,12-14H,5-8,11H2,1-2H3,(H,19,20)/t13-,14-/m0/s1. The Balaban J connectivity index is 1.51. The summed E-state index contributed by atoms with van der Waals surface area (Å²) in [6.45, 7) is 6.13. The molecule has 4 heterocycles. The van der Waals surface area contributed by atoms with E-state index in [0.29, 0.717) is 29.6 Å². The Labute approximate surface area is 141 Å². The minimum atomic E-state index is 0.0142. The molecule has 2 aromatic rings. The molecule has 1 amide bonds. The molecule has 2 aliphatic heterocycles. The van der Waals surface area contributed by atoms with Crippen LogP contribution in [-0.4, -0.2) is 57.1 Å². The molecule has 2 saturated heterocycles. The van der Waals surface area contributed by atoms with E-state index in [1.165, 1.54) is 12.8 Å². The summed E-state index contributed by atoms with van der Waals surface area (Å²) in [4.78, 5) is 17.5. The predicted octanol–water partition coefficient (Wildman–Crippen LogP) is 2.76. The first-order chi connectivity index (χ1) is 11.6. The van der Waals surface area contributed by atoms with Crippen LogP contribution in [0.1, 0.15) is 43.6 Å². The molecule has 6 nitrogen and oxygen atoms in total. The number of nitrogens with zero attached hydrogens (tertiary/aromatic N) is 3. The van der Waals surface area contributed by atoms with Crippen molar-refractivity contribution in [3.63, 3.8) is 0 Å². The van der Waals surface area contributed by atoms with Gasteiger partial charge in [0.05, 0.1) is 6.26 Å². The van der Waals surface area contributed by atoms with E-state index in [4.69, 9.17) is 4.42 Å². The van der Waals surface area contributed by atoms with Crippen molar-refractivity contribution in [3.05, 3.63) is 30.2 Å². The van der Waals surface area contributed by atoms with E-state index in [1.807, 2.05) is 17.0 Å². The zero-order chi connectivity index (χ0) is 16.7. The molecule has 2 fully saturated rings. The SMILES string of the molecule is CC(C)N1[C@H]2CC[C@H]1CN(C(=O)c1cc(-c3ccco3)[nH]n1)CC2. The average Bonchev–Trinajstić information content (AvgIpc) is 3.24. The van der Waals surface area contributed by atoms with Gasteiger partial charge in [0.1, 0.15) is 5.69 Å². The molecule has 1 N–H and O–H groups in total. The van der Waals surface area contributed by atoms with Gasteiger partial charge in [-0.15, -0.1) is 0 Å². The Morgan fingerprint density at radius 2 is 2.17 bits per heavy atom. The van der Waals surface area contributed by atoms with Crippen LogP contribution in [0.4, 0.5) is 0 Å². The molecule has 2 aromatic heterocycles. The minimum absolute atomic E-state index is 0.0142. The molecule has 0 aromatic carbocycles. The van der Waals surface area contributed by atoms with Gasteiger partial charge in [0, 0.05) is 37.3 Å². The summed E-state index contributed by atoms with van der Waals surface area (Å²) in [7, 11) is 0. The molecule has 6 heteroatoms. The maximum atomic E-state index is 12.9. The highest BCUT2D eigenvalue weighted by Crippen LogP contribution is 2.32.